The maximum absolute atomic E-state index is 13.0. The molecule has 2 heterocycles. The van der Waals surface area contributed by atoms with Crippen molar-refractivity contribution in [3.63, 3.8) is 0 Å². The Hall–Kier alpha value is -0.736. The average molecular weight is 803 g/mol. The standard InChI is InChI=1S/C34H53N4O9.Pr/c1-4-5-6-20-7-8-24-31(20,2)11-10-25-32(3)12-9-22(15-33(32,44)13-14-34(24,25)35)46-26(40)17-38-16-21(36-37-38)19-45-30-29(43)28(42)27(41)23(18-39)47-30;/h4-5,16,20,22-25,27-30,39,41-44H,1,6-15,17-19,35H2,2-3H3;/q-1;/b5-4+;/t20?,22?,23?,24?,25-,27?,28?,29?,30?,31?,32?,33-,34+;/m1./s1. The van der Waals surface area contributed by atoms with Crippen LogP contribution in [0.3, 0.4) is 0 Å². The first-order chi connectivity index (χ1) is 22.3. The third-order valence-corrected chi connectivity index (χ3v) is 13.2. The van der Waals surface area contributed by atoms with Gasteiger partial charge in [0.05, 0.1) is 25.0 Å². The topological polar surface area (TPSA) is 203 Å². The molecule has 14 heteroatoms. The Morgan fingerprint density at radius 2 is 1.88 bits per heavy atom. The number of nitrogens with two attached hydrogens (primary N) is 1. The molecule has 48 heavy (non-hydrogen) atoms. The van der Waals surface area contributed by atoms with Gasteiger partial charge in [0.15, 0.2) is 6.29 Å². The summed E-state index contributed by atoms with van der Waals surface area (Å²) in [5.41, 5.74) is 6.39. The molecular weight excluding hydrogens is 749 g/mol. The Balaban J connectivity index is 0.00000451. The fourth-order valence-corrected chi connectivity index (χ4v) is 10.5. The number of aliphatic hydroxyl groups excluding tert-OH is 4. The Kier molecular flexibility index (Phi) is 11.8. The third kappa shape index (κ3) is 6.68. The second kappa shape index (κ2) is 14.7. The van der Waals surface area contributed by atoms with Crippen molar-refractivity contribution in [1.82, 2.24) is 15.0 Å². The fourth-order valence-electron chi connectivity index (χ4n) is 10.5. The maximum Gasteiger partial charge on any atom is 0.328 e. The van der Waals surface area contributed by atoms with Crippen LogP contribution in [0.15, 0.2) is 18.3 Å². The van der Waals surface area contributed by atoms with Crippen molar-refractivity contribution < 1.29 is 85.8 Å². The number of esters is 1. The van der Waals surface area contributed by atoms with Gasteiger partial charge in [0, 0.05) is 58.7 Å². The average Bonchev–Trinajstić information content (AvgIpc) is 3.63. The molecule has 0 bridgehead atoms. The number of nitrogens with zero attached hydrogens (tertiary/aromatic N) is 3. The van der Waals surface area contributed by atoms with E-state index < -0.39 is 55.0 Å². The predicted octanol–water partition coefficient (Wildman–Crippen LogP) is 1.14. The predicted molar refractivity (Wildman–Crippen MR) is 168 cm³/mol. The largest absolute Gasteiger partial charge is 0.461 e. The van der Waals surface area contributed by atoms with Crippen LogP contribution in [-0.2, 0) is 32.2 Å². The molecule has 4 aliphatic carbocycles. The molecule has 5 aliphatic rings. The van der Waals surface area contributed by atoms with Crippen molar-refractivity contribution in [1.29, 1.82) is 0 Å². The number of hydrogen-bond acceptors (Lipinski definition) is 12. The van der Waals surface area contributed by atoms with Crippen LogP contribution < -0.4 is 5.73 Å². The summed E-state index contributed by atoms with van der Waals surface area (Å²) >= 11 is 0. The zero-order chi connectivity index (χ0) is 33.8. The molecule has 0 aromatic carbocycles. The van der Waals surface area contributed by atoms with Crippen LogP contribution in [0.25, 0.3) is 0 Å². The second-order valence-corrected chi connectivity index (χ2v) is 15.5. The van der Waals surface area contributed by atoms with E-state index in [0.717, 1.165) is 38.5 Å². The van der Waals surface area contributed by atoms with Crippen LogP contribution in [-0.4, -0.2) is 101 Å². The van der Waals surface area contributed by atoms with Gasteiger partial charge in [-0.1, -0.05) is 31.9 Å². The van der Waals surface area contributed by atoms with Crippen molar-refractivity contribution >= 4 is 5.97 Å². The van der Waals surface area contributed by atoms with Crippen molar-refractivity contribution in [3.05, 3.63) is 31.0 Å². The molecule has 13 atom stereocenters. The number of aromatic nitrogens is 3. The zero-order valence-corrected chi connectivity index (χ0v) is 31.9. The Morgan fingerprint density at radius 3 is 2.60 bits per heavy atom. The van der Waals surface area contributed by atoms with Gasteiger partial charge in [-0.3, -0.25) is 4.79 Å². The molecule has 5 fully saturated rings. The number of hydrogen-bond donors (Lipinski definition) is 6. The van der Waals surface area contributed by atoms with Gasteiger partial charge in [0.2, 0.25) is 0 Å². The summed E-state index contributed by atoms with van der Waals surface area (Å²) in [6, 6.07) is 0. The number of carbonyl (C=O) groups is 1. The smallest absolute Gasteiger partial charge is 0.328 e. The first kappa shape index (κ1) is 38.5. The van der Waals surface area contributed by atoms with E-state index in [2.05, 4.69) is 37.2 Å². The van der Waals surface area contributed by atoms with Crippen molar-refractivity contribution in [2.45, 2.75) is 139 Å². The van der Waals surface area contributed by atoms with Crippen molar-refractivity contribution in [2.75, 3.05) is 6.61 Å². The van der Waals surface area contributed by atoms with Gasteiger partial charge in [0.1, 0.15) is 42.8 Å². The molecule has 267 valence electrons. The number of aliphatic hydroxyl groups is 5. The number of ether oxygens (including phenoxy) is 3. The first-order valence-corrected chi connectivity index (χ1v) is 17.2. The Labute approximate surface area is 315 Å². The van der Waals surface area contributed by atoms with Gasteiger partial charge in [-0.2, -0.15) is 0 Å². The summed E-state index contributed by atoms with van der Waals surface area (Å²) in [6.07, 6.45) is 6.89. The van der Waals surface area contributed by atoms with E-state index in [1.54, 1.807) is 0 Å². The Morgan fingerprint density at radius 1 is 1.10 bits per heavy atom. The van der Waals surface area contributed by atoms with Crippen molar-refractivity contribution in [3.8, 4) is 0 Å². The minimum atomic E-state index is -1.55. The maximum atomic E-state index is 13.0. The molecule has 1 aromatic rings. The summed E-state index contributed by atoms with van der Waals surface area (Å²) in [5.74, 6) is 0.777. The summed E-state index contributed by atoms with van der Waals surface area (Å²) in [7, 11) is 0. The summed E-state index contributed by atoms with van der Waals surface area (Å²) in [6.45, 7) is 7.65. The van der Waals surface area contributed by atoms with Gasteiger partial charge in [-0.15, -0.1) is 5.10 Å². The van der Waals surface area contributed by atoms with Crippen LogP contribution in [0.2, 0.25) is 0 Å². The zero-order valence-electron chi connectivity index (χ0n) is 28.2. The normalized spacial score (nSPS) is 45.5. The van der Waals surface area contributed by atoms with E-state index in [9.17, 15) is 30.3 Å². The number of rotatable bonds is 9. The third-order valence-electron chi connectivity index (χ3n) is 13.2. The quantitative estimate of drug-likeness (QED) is 0.154. The molecule has 1 aromatic heterocycles. The molecule has 7 N–H and O–H groups in total. The number of fused-ring (bicyclic) bond motifs is 5. The SMILES string of the molecule is [CH2-]/C=C/CC1CCC2C1(C)CC[C@@H]1C3(C)CCC(OC(=O)Cn4cc(COC5OC(CO)C(O)C(O)C5O)nn4)C[C@]3(O)CC[C@]21N.[Pr]. The summed E-state index contributed by atoms with van der Waals surface area (Å²) in [4.78, 5) is 13.0. The minimum Gasteiger partial charge on any atom is -0.461 e. The van der Waals surface area contributed by atoms with Crippen LogP contribution in [0.4, 0.5) is 0 Å². The van der Waals surface area contributed by atoms with Gasteiger partial charge in [-0.25, -0.2) is 23.8 Å². The van der Waals surface area contributed by atoms with Gasteiger partial charge >= 0.3 is 5.97 Å². The van der Waals surface area contributed by atoms with Crippen LogP contribution in [0, 0.1) is 76.8 Å². The molecule has 1 saturated heterocycles. The molecule has 0 amide bonds. The molecule has 1 radical (unpaired) electrons. The monoisotopic (exact) mass is 802 g/mol. The van der Waals surface area contributed by atoms with E-state index >= 15 is 0 Å². The van der Waals surface area contributed by atoms with E-state index in [1.807, 2.05) is 6.08 Å². The van der Waals surface area contributed by atoms with Crippen LogP contribution in [0.1, 0.15) is 83.7 Å². The van der Waals surface area contributed by atoms with Crippen LogP contribution in [0.5, 0.6) is 0 Å². The molecular formula is C34H53N4O9Pr-. The van der Waals surface area contributed by atoms with Crippen LogP contribution >= 0.6 is 0 Å². The molecule has 4 saturated carbocycles. The van der Waals surface area contributed by atoms with E-state index in [0.29, 0.717) is 36.8 Å². The van der Waals surface area contributed by atoms with E-state index in [4.69, 9.17) is 19.9 Å². The van der Waals surface area contributed by atoms with Gasteiger partial charge in [0.25, 0.3) is 0 Å². The molecule has 10 unspecified atom stereocenters. The number of allylic oxidation sites excluding steroid dienone is 2. The molecule has 0 spiro atoms. The molecule has 1 aliphatic heterocycles. The van der Waals surface area contributed by atoms with Crippen molar-refractivity contribution in [2.24, 2.45) is 34.3 Å². The molecule has 6 rings (SSSR count). The van der Waals surface area contributed by atoms with E-state index in [-0.39, 0.29) is 76.7 Å². The van der Waals surface area contributed by atoms with E-state index in [1.165, 1.54) is 17.3 Å². The minimum absolute atomic E-state index is 0. The van der Waals surface area contributed by atoms with Gasteiger partial charge < -0.3 is 45.5 Å². The summed E-state index contributed by atoms with van der Waals surface area (Å²) in [5, 5.41) is 59.6. The van der Waals surface area contributed by atoms with Gasteiger partial charge in [-0.05, 0) is 68.1 Å². The fraction of sp³-hybridized carbons (Fsp3) is 0.824. The Bertz CT molecular complexity index is 1320. The second-order valence-electron chi connectivity index (χ2n) is 15.5. The molecule has 13 nitrogen and oxygen atoms in total. The summed E-state index contributed by atoms with van der Waals surface area (Å²) < 4.78 is 18.1. The first-order valence-electron chi connectivity index (χ1n) is 17.2. The number of carbonyl (C=O) groups excluding carboxylic acids is 1.